The fraction of sp³-hybridized carbons (Fsp3) is 1.00. The van der Waals surface area contributed by atoms with Crippen molar-refractivity contribution in [1.29, 1.82) is 0 Å². The quantitative estimate of drug-likeness (QED) is 0.483. The molecule has 0 aromatic rings. The van der Waals surface area contributed by atoms with Crippen LogP contribution in [0.25, 0.3) is 0 Å². The molecular weight excluding hydrogens is 92.1 g/mol. The lowest BCUT2D eigenvalue weighted by Gasteiger charge is -2.12. The zero-order valence-electron chi connectivity index (χ0n) is 4.86. The zero-order chi connectivity index (χ0) is 5.91. The van der Waals surface area contributed by atoms with E-state index in [9.17, 15) is 0 Å². The molecule has 2 heteroatoms. The largest absolute Gasteiger partial charge is 0.445 e. The monoisotopic (exact) mass is 105 g/mol. The lowest BCUT2D eigenvalue weighted by molar-refractivity contribution is 0.0857. The second-order valence-corrected chi connectivity index (χ2v) is 2.50. The molecule has 0 atom stereocenters. The van der Waals surface area contributed by atoms with Crippen LogP contribution in [-0.2, 0) is 0 Å². The maximum atomic E-state index is 8.47. The van der Waals surface area contributed by atoms with E-state index >= 15 is 0 Å². The second-order valence-electron chi connectivity index (χ2n) is 2.50. The molecule has 3 N–H and O–H groups in total. The van der Waals surface area contributed by atoms with Crippen molar-refractivity contribution in [3.8, 4) is 0 Å². The first kappa shape index (κ1) is 6.92. The average molecular weight is 105 g/mol. The van der Waals surface area contributed by atoms with Gasteiger partial charge in [0.15, 0.2) is 6.61 Å². The third kappa shape index (κ3) is 2.60. The summed E-state index contributed by atoms with van der Waals surface area (Å²) in [7, 11) is 0. The molecule has 0 aromatic carbocycles. The zero-order valence-corrected chi connectivity index (χ0v) is 4.86. The number of aliphatic hydroxyl groups excluding tert-OH is 1. The molecule has 0 aliphatic heterocycles. The minimum Gasteiger partial charge on any atom is -0.445 e. The van der Waals surface area contributed by atoms with Gasteiger partial charge in [-0.05, 0) is 0 Å². The van der Waals surface area contributed by atoms with Gasteiger partial charge in [0.2, 0.25) is 0 Å². The summed E-state index contributed by atoms with van der Waals surface area (Å²) >= 11 is 0. The minimum absolute atomic E-state index is 0.108. The van der Waals surface area contributed by atoms with Gasteiger partial charge in [-0.2, -0.15) is 0 Å². The smallest absolute Gasteiger partial charge is 0.151 e. The van der Waals surface area contributed by atoms with Crippen molar-refractivity contribution in [2.45, 2.75) is 13.8 Å². The van der Waals surface area contributed by atoms with Crippen molar-refractivity contribution in [2.75, 3.05) is 13.2 Å². The predicted molar refractivity (Wildman–Crippen MR) is 29.3 cm³/mol. The highest BCUT2D eigenvalue weighted by Gasteiger charge is 2.16. The maximum Gasteiger partial charge on any atom is 0.151 e. The summed E-state index contributed by atoms with van der Waals surface area (Å²) in [6.45, 7) is 4.12. The molecule has 0 saturated heterocycles. The lowest BCUT2D eigenvalue weighted by atomic mass is 9.97. The van der Waals surface area contributed by atoms with Crippen LogP contribution in [0.1, 0.15) is 13.8 Å². The molecule has 0 heterocycles. The Morgan fingerprint density at radius 3 is 2.00 bits per heavy atom. The molecule has 0 aliphatic carbocycles. The molecule has 0 unspecified atom stereocenters. The number of hydrogen-bond acceptors (Lipinski definition) is 1. The Balaban J connectivity index is 3.36. The van der Waals surface area contributed by atoms with E-state index in [0.717, 1.165) is 0 Å². The standard InChI is InChI=1S/C5H12O2/c1-5(2,3-6)4-7/h6-7H,3-4H2,1-2H3/p+1. The first-order valence-corrected chi connectivity index (χ1v) is 2.38. The van der Waals surface area contributed by atoms with E-state index in [1.807, 2.05) is 13.8 Å². The van der Waals surface area contributed by atoms with E-state index in [2.05, 4.69) is 0 Å². The van der Waals surface area contributed by atoms with Gasteiger partial charge in [-0.1, -0.05) is 13.8 Å². The summed E-state index contributed by atoms with van der Waals surface area (Å²) in [6.07, 6.45) is 0. The van der Waals surface area contributed by atoms with Crippen molar-refractivity contribution in [2.24, 2.45) is 5.41 Å². The molecular formula is C5H13O2+. The van der Waals surface area contributed by atoms with E-state index in [4.69, 9.17) is 10.2 Å². The van der Waals surface area contributed by atoms with E-state index in [0.29, 0.717) is 6.61 Å². The molecule has 7 heavy (non-hydrogen) atoms. The van der Waals surface area contributed by atoms with Gasteiger partial charge in [0.1, 0.15) is 0 Å². The molecule has 0 aromatic heterocycles. The molecule has 0 bridgehead atoms. The molecule has 0 amide bonds. The summed E-state index contributed by atoms with van der Waals surface area (Å²) in [5.74, 6) is 0. The average Bonchev–Trinajstić information content (AvgIpc) is 1.68. The summed E-state index contributed by atoms with van der Waals surface area (Å²) in [4.78, 5) is 0. The highest BCUT2D eigenvalue weighted by molar-refractivity contribution is 4.62. The highest BCUT2D eigenvalue weighted by Crippen LogP contribution is 2.10. The summed E-state index contributed by atoms with van der Waals surface area (Å²) in [6, 6.07) is 0. The molecule has 0 radical (unpaired) electrons. The Labute approximate surface area is 43.8 Å². The molecule has 0 fully saturated rings. The fourth-order valence-corrected chi connectivity index (χ4v) is 0.0559. The van der Waals surface area contributed by atoms with Crippen LogP contribution in [-0.4, -0.2) is 23.4 Å². The van der Waals surface area contributed by atoms with Crippen LogP contribution in [0.4, 0.5) is 0 Å². The van der Waals surface area contributed by atoms with E-state index in [1.54, 1.807) is 0 Å². The van der Waals surface area contributed by atoms with Crippen molar-refractivity contribution < 1.29 is 10.2 Å². The Kier molecular flexibility index (Phi) is 2.26. The van der Waals surface area contributed by atoms with Gasteiger partial charge >= 0.3 is 0 Å². The van der Waals surface area contributed by atoms with Crippen LogP contribution in [0.3, 0.4) is 0 Å². The molecule has 0 rings (SSSR count). The molecule has 2 nitrogen and oxygen atoms in total. The van der Waals surface area contributed by atoms with Crippen molar-refractivity contribution in [3.05, 3.63) is 0 Å². The predicted octanol–water partition coefficient (Wildman–Crippen LogP) is -0.271. The first-order valence-electron chi connectivity index (χ1n) is 2.38. The van der Waals surface area contributed by atoms with Crippen molar-refractivity contribution >= 4 is 0 Å². The van der Waals surface area contributed by atoms with Crippen LogP contribution in [0.5, 0.6) is 0 Å². The van der Waals surface area contributed by atoms with E-state index in [1.165, 1.54) is 0 Å². The van der Waals surface area contributed by atoms with Gasteiger partial charge in [0.25, 0.3) is 0 Å². The van der Waals surface area contributed by atoms with Crippen LogP contribution >= 0.6 is 0 Å². The molecule has 44 valence electrons. The van der Waals surface area contributed by atoms with Gasteiger partial charge in [-0.25, -0.2) is 0 Å². The number of rotatable bonds is 2. The van der Waals surface area contributed by atoms with Crippen molar-refractivity contribution in [3.63, 3.8) is 0 Å². The van der Waals surface area contributed by atoms with Crippen molar-refractivity contribution in [1.82, 2.24) is 0 Å². The lowest BCUT2D eigenvalue weighted by Crippen LogP contribution is -2.20. The van der Waals surface area contributed by atoms with Gasteiger partial charge in [0, 0.05) is 0 Å². The summed E-state index contributed by atoms with van der Waals surface area (Å²) in [5, 5.41) is 15.3. The van der Waals surface area contributed by atoms with Crippen LogP contribution in [0.15, 0.2) is 0 Å². The molecule has 0 saturated carbocycles. The van der Waals surface area contributed by atoms with Gasteiger partial charge in [0.05, 0.1) is 12.0 Å². The van der Waals surface area contributed by atoms with Crippen LogP contribution < -0.4 is 0 Å². The topological polar surface area (TPSA) is 43.1 Å². The number of aliphatic hydroxyl groups is 1. The Bertz CT molecular complexity index is 44.0. The molecule has 0 spiro atoms. The minimum atomic E-state index is -0.194. The third-order valence-electron chi connectivity index (χ3n) is 0.907. The summed E-state index contributed by atoms with van der Waals surface area (Å²) in [5.41, 5.74) is -0.194. The maximum absolute atomic E-state index is 8.47. The highest BCUT2D eigenvalue weighted by atomic mass is 16.3. The second kappa shape index (κ2) is 2.28. The van der Waals surface area contributed by atoms with Crippen LogP contribution in [0, 0.1) is 5.41 Å². The first-order chi connectivity index (χ1) is 3.12. The van der Waals surface area contributed by atoms with Gasteiger partial charge in [-0.15, -0.1) is 0 Å². The van der Waals surface area contributed by atoms with Crippen LogP contribution in [0.2, 0.25) is 0 Å². The van der Waals surface area contributed by atoms with E-state index < -0.39 is 0 Å². The fourth-order valence-electron chi connectivity index (χ4n) is 0.0559. The number of hydrogen-bond donors (Lipinski definition) is 1. The van der Waals surface area contributed by atoms with Gasteiger partial charge in [-0.3, -0.25) is 0 Å². The summed E-state index contributed by atoms with van der Waals surface area (Å²) < 4.78 is 0. The third-order valence-corrected chi connectivity index (χ3v) is 0.907. The Morgan fingerprint density at radius 2 is 2.00 bits per heavy atom. The van der Waals surface area contributed by atoms with E-state index in [-0.39, 0.29) is 12.0 Å². The SMILES string of the molecule is CC(C)(CO)C[OH2+]. The molecule has 0 aliphatic rings. The normalized spacial score (nSPS) is 12.0. The Hall–Kier alpha value is -0.0800. The van der Waals surface area contributed by atoms with Gasteiger partial charge < -0.3 is 10.2 Å². The Morgan fingerprint density at radius 1 is 1.57 bits per heavy atom.